The van der Waals surface area contributed by atoms with E-state index in [4.69, 9.17) is 4.98 Å². The van der Waals surface area contributed by atoms with Gasteiger partial charge in [-0.3, -0.25) is 18.8 Å². The van der Waals surface area contributed by atoms with Gasteiger partial charge in [-0.05, 0) is 29.2 Å². The molecule has 7 nitrogen and oxygen atoms in total. The van der Waals surface area contributed by atoms with Gasteiger partial charge >= 0.3 is 5.69 Å². The second-order valence-electron chi connectivity index (χ2n) is 9.53. The molecule has 0 radical (unpaired) electrons. The van der Waals surface area contributed by atoms with Gasteiger partial charge in [-0.1, -0.05) is 84.9 Å². The fraction of sp³-hybridized carbons (Fsp3) is 0.233. The van der Waals surface area contributed by atoms with Gasteiger partial charge in [0.1, 0.15) is 5.82 Å². The first-order valence-corrected chi connectivity index (χ1v) is 12.4. The molecule has 37 heavy (non-hydrogen) atoms. The highest BCUT2D eigenvalue weighted by molar-refractivity contribution is 5.71. The van der Waals surface area contributed by atoms with E-state index in [0.29, 0.717) is 24.3 Å². The SMILES string of the molecule is Cc1ccccc1Cn1c(CN(Cc2ccccc2)Cc2ccccc2)nc2c1c(=O)n(C)c(=O)n2C. The predicted octanol–water partition coefficient (Wildman–Crippen LogP) is 3.99. The highest BCUT2D eigenvalue weighted by Crippen LogP contribution is 2.20. The molecule has 0 saturated carbocycles. The number of nitrogens with zero attached hydrogens (tertiary/aromatic N) is 5. The van der Waals surface area contributed by atoms with E-state index in [1.165, 1.54) is 22.7 Å². The van der Waals surface area contributed by atoms with Crippen molar-refractivity contribution in [3.63, 3.8) is 0 Å². The van der Waals surface area contributed by atoms with Crippen LogP contribution in [0.25, 0.3) is 11.2 Å². The standard InChI is InChI=1S/C30H31N5O2/c1-22-12-10-11-17-25(22)20-35-26(31-28-27(35)29(36)33(3)30(37)32(28)2)21-34(18-23-13-6-4-7-14-23)19-24-15-8-5-9-16-24/h4-17H,18-21H2,1-3H3. The summed E-state index contributed by atoms with van der Waals surface area (Å²) in [5.41, 5.74) is 4.79. The summed E-state index contributed by atoms with van der Waals surface area (Å²) in [5, 5.41) is 0. The monoisotopic (exact) mass is 493 g/mol. The topological polar surface area (TPSA) is 65.1 Å². The average Bonchev–Trinajstić information content (AvgIpc) is 3.26. The molecule has 0 amide bonds. The van der Waals surface area contributed by atoms with E-state index in [9.17, 15) is 9.59 Å². The Morgan fingerprint density at radius 3 is 1.89 bits per heavy atom. The van der Waals surface area contributed by atoms with Gasteiger partial charge in [0.15, 0.2) is 11.2 Å². The van der Waals surface area contributed by atoms with Crippen molar-refractivity contribution in [3.05, 3.63) is 134 Å². The van der Waals surface area contributed by atoms with Gasteiger partial charge in [-0.25, -0.2) is 9.78 Å². The molecular weight excluding hydrogens is 462 g/mol. The van der Waals surface area contributed by atoms with Gasteiger partial charge in [-0.15, -0.1) is 0 Å². The van der Waals surface area contributed by atoms with Gasteiger partial charge in [0.05, 0.1) is 6.54 Å². The first kappa shape index (κ1) is 24.5. The van der Waals surface area contributed by atoms with Crippen LogP contribution in [0.1, 0.15) is 28.1 Å². The maximum absolute atomic E-state index is 13.4. The normalized spacial score (nSPS) is 11.5. The summed E-state index contributed by atoms with van der Waals surface area (Å²) in [7, 11) is 3.19. The molecule has 0 atom stereocenters. The number of benzene rings is 3. The van der Waals surface area contributed by atoms with E-state index in [-0.39, 0.29) is 11.2 Å². The highest BCUT2D eigenvalue weighted by Gasteiger charge is 2.21. The summed E-state index contributed by atoms with van der Waals surface area (Å²) in [6.07, 6.45) is 0. The van der Waals surface area contributed by atoms with Crippen LogP contribution in [0.5, 0.6) is 0 Å². The number of fused-ring (bicyclic) bond motifs is 1. The van der Waals surface area contributed by atoms with Gasteiger partial charge in [0.2, 0.25) is 0 Å². The van der Waals surface area contributed by atoms with Crippen molar-refractivity contribution in [3.8, 4) is 0 Å². The molecule has 0 aliphatic rings. The van der Waals surface area contributed by atoms with Crippen molar-refractivity contribution in [2.45, 2.75) is 33.1 Å². The first-order chi connectivity index (χ1) is 17.9. The summed E-state index contributed by atoms with van der Waals surface area (Å²) in [6.45, 7) is 4.53. The lowest BCUT2D eigenvalue weighted by molar-refractivity contribution is 0.238. The molecule has 3 aromatic carbocycles. The number of rotatable bonds is 8. The molecule has 5 aromatic rings. The number of aromatic nitrogens is 4. The van der Waals surface area contributed by atoms with Crippen LogP contribution in [0.15, 0.2) is 94.5 Å². The van der Waals surface area contributed by atoms with Gasteiger partial charge in [0, 0.05) is 33.7 Å². The van der Waals surface area contributed by atoms with Crippen LogP contribution in [-0.4, -0.2) is 23.6 Å². The predicted molar refractivity (Wildman–Crippen MR) is 146 cm³/mol. The maximum atomic E-state index is 13.4. The molecule has 5 rings (SSSR count). The van der Waals surface area contributed by atoms with Crippen LogP contribution in [-0.2, 0) is 40.3 Å². The molecule has 0 aliphatic carbocycles. The van der Waals surface area contributed by atoms with Crippen LogP contribution < -0.4 is 11.2 Å². The van der Waals surface area contributed by atoms with Crippen molar-refractivity contribution < 1.29 is 0 Å². The number of aryl methyl sites for hydroxylation is 2. The molecule has 0 bridgehead atoms. The number of imidazole rings is 1. The molecule has 2 heterocycles. The minimum absolute atomic E-state index is 0.330. The Morgan fingerprint density at radius 2 is 1.30 bits per heavy atom. The van der Waals surface area contributed by atoms with Gasteiger partial charge < -0.3 is 4.57 Å². The molecule has 0 N–H and O–H groups in total. The lowest BCUT2D eigenvalue weighted by atomic mass is 10.1. The average molecular weight is 494 g/mol. The number of hydrogen-bond acceptors (Lipinski definition) is 4. The van der Waals surface area contributed by atoms with E-state index in [1.807, 2.05) is 53.1 Å². The fourth-order valence-corrected chi connectivity index (χ4v) is 4.79. The molecule has 2 aromatic heterocycles. The summed E-state index contributed by atoms with van der Waals surface area (Å²) in [5.74, 6) is 0.753. The molecule has 0 saturated heterocycles. The van der Waals surface area contributed by atoms with Crippen molar-refractivity contribution in [2.24, 2.45) is 14.1 Å². The molecule has 188 valence electrons. The summed E-state index contributed by atoms with van der Waals surface area (Å²) >= 11 is 0. The second kappa shape index (κ2) is 10.4. The molecule has 0 spiro atoms. The zero-order chi connectivity index (χ0) is 25.9. The Kier molecular flexibility index (Phi) is 6.88. The minimum atomic E-state index is -0.380. The maximum Gasteiger partial charge on any atom is 0.332 e. The van der Waals surface area contributed by atoms with Gasteiger partial charge in [0.25, 0.3) is 5.56 Å². The number of hydrogen-bond donors (Lipinski definition) is 0. The quantitative estimate of drug-likeness (QED) is 0.328. The lowest BCUT2D eigenvalue weighted by Crippen LogP contribution is -2.37. The van der Waals surface area contributed by atoms with E-state index in [1.54, 1.807) is 7.05 Å². The summed E-state index contributed by atoms with van der Waals surface area (Å²) in [6, 6.07) is 28.8. The third-order valence-electron chi connectivity index (χ3n) is 6.88. The van der Waals surface area contributed by atoms with Crippen LogP contribution in [0.3, 0.4) is 0 Å². The minimum Gasteiger partial charge on any atom is -0.317 e. The Balaban J connectivity index is 1.63. The Morgan fingerprint density at radius 1 is 0.730 bits per heavy atom. The third kappa shape index (κ3) is 5.04. The van der Waals surface area contributed by atoms with Crippen molar-refractivity contribution in [2.75, 3.05) is 0 Å². The van der Waals surface area contributed by atoms with E-state index in [2.05, 4.69) is 48.2 Å². The van der Waals surface area contributed by atoms with E-state index in [0.717, 1.165) is 34.6 Å². The Hall–Kier alpha value is -4.23. The second-order valence-corrected chi connectivity index (χ2v) is 9.53. The molecule has 0 unspecified atom stereocenters. The van der Waals surface area contributed by atoms with E-state index < -0.39 is 0 Å². The molecule has 0 aliphatic heterocycles. The summed E-state index contributed by atoms with van der Waals surface area (Å²) < 4.78 is 4.61. The largest absolute Gasteiger partial charge is 0.332 e. The molecular formula is C30H31N5O2. The van der Waals surface area contributed by atoms with Crippen LogP contribution in [0, 0.1) is 6.92 Å². The Labute approximate surface area is 215 Å². The fourth-order valence-electron chi connectivity index (χ4n) is 4.79. The lowest BCUT2D eigenvalue weighted by Gasteiger charge is -2.23. The third-order valence-corrected chi connectivity index (χ3v) is 6.88. The molecule has 7 heteroatoms. The zero-order valence-corrected chi connectivity index (χ0v) is 21.5. The highest BCUT2D eigenvalue weighted by atomic mass is 16.2. The smallest absolute Gasteiger partial charge is 0.317 e. The van der Waals surface area contributed by atoms with Gasteiger partial charge in [-0.2, -0.15) is 0 Å². The molecule has 0 fully saturated rings. The van der Waals surface area contributed by atoms with Crippen LogP contribution >= 0.6 is 0 Å². The van der Waals surface area contributed by atoms with Crippen molar-refractivity contribution in [1.29, 1.82) is 0 Å². The van der Waals surface area contributed by atoms with E-state index >= 15 is 0 Å². The van der Waals surface area contributed by atoms with Crippen LogP contribution in [0.2, 0.25) is 0 Å². The Bertz CT molecular complexity index is 1610. The van der Waals surface area contributed by atoms with Crippen LogP contribution in [0.4, 0.5) is 0 Å². The van der Waals surface area contributed by atoms with Crippen molar-refractivity contribution >= 4 is 11.2 Å². The first-order valence-electron chi connectivity index (χ1n) is 12.4. The zero-order valence-electron chi connectivity index (χ0n) is 21.5. The summed E-state index contributed by atoms with van der Waals surface area (Å²) in [4.78, 5) is 33.3. The van der Waals surface area contributed by atoms with Crippen molar-refractivity contribution in [1.82, 2.24) is 23.6 Å².